The average molecular weight is 360 g/mol. The quantitative estimate of drug-likeness (QED) is 0.906. The number of aromatic nitrogens is 1. The molecule has 25 heavy (non-hydrogen) atoms. The van der Waals surface area contributed by atoms with Crippen molar-refractivity contribution in [2.75, 3.05) is 13.1 Å². The van der Waals surface area contributed by atoms with E-state index in [2.05, 4.69) is 4.98 Å². The van der Waals surface area contributed by atoms with Gasteiger partial charge in [0.25, 0.3) is 0 Å². The highest BCUT2D eigenvalue weighted by Crippen LogP contribution is 2.30. The molecule has 0 atom stereocenters. The number of carboxylic acids is 1. The van der Waals surface area contributed by atoms with Crippen molar-refractivity contribution in [2.45, 2.75) is 32.8 Å². The molecule has 1 saturated heterocycles. The molecule has 1 aliphatic rings. The van der Waals surface area contributed by atoms with Gasteiger partial charge in [-0.3, -0.25) is 4.79 Å². The molecular weight excluding hydrogens is 340 g/mol. The number of likely N-dealkylation sites (tertiary alicyclic amines) is 1. The van der Waals surface area contributed by atoms with Crippen molar-refractivity contribution >= 4 is 23.2 Å². The fraction of sp³-hybridized carbons (Fsp3) is 0.389. The van der Waals surface area contributed by atoms with E-state index in [1.807, 2.05) is 13.0 Å². The van der Waals surface area contributed by atoms with Crippen LogP contribution < -0.4 is 4.74 Å². The number of carboxylic acid groups (broad SMARTS) is 1. The highest BCUT2D eigenvalue weighted by molar-refractivity contribution is 7.14. The predicted molar refractivity (Wildman–Crippen MR) is 95.2 cm³/mol. The molecule has 1 amide bonds. The van der Waals surface area contributed by atoms with Crippen LogP contribution in [0.15, 0.2) is 24.4 Å². The minimum atomic E-state index is -0.994. The Balaban J connectivity index is 1.80. The zero-order valence-electron chi connectivity index (χ0n) is 14.2. The van der Waals surface area contributed by atoms with Crippen LogP contribution >= 0.6 is 11.3 Å². The summed E-state index contributed by atoms with van der Waals surface area (Å²) in [7, 11) is 0. The van der Waals surface area contributed by atoms with Gasteiger partial charge in [-0.05, 0) is 25.1 Å². The molecule has 3 rings (SSSR count). The first-order valence-corrected chi connectivity index (χ1v) is 8.97. The van der Waals surface area contributed by atoms with Crippen molar-refractivity contribution in [2.24, 2.45) is 0 Å². The van der Waals surface area contributed by atoms with Gasteiger partial charge < -0.3 is 14.7 Å². The first-order chi connectivity index (χ1) is 11.9. The lowest BCUT2D eigenvalue weighted by atomic mass is 10.1. The number of benzene rings is 1. The van der Waals surface area contributed by atoms with Crippen molar-refractivity contribution in [1.29, 1.82) is 0 Å². The maximum absolute atomic E-state index is 11.4. The number of hydrogen-bond donors (Lipinski definition) is 1. The molecule has 2 heterocycles. The second-order valence-electron chi connectivity index (χ2n) is 6.15. The van der Waals surface area contributed by atoms with Gasteiger partial charge in [-0.25, -0.2) is 9.78 Å². The standard InChI is InChI=1S/C18H20N2O4S/c1-11-10-19-17(25-11)13-7-14(18(22)23)9-16(8-13)24-15-3-5-20(6-4-15)12(2)21/h7-10,15H,3-6H2,1-2H3,(H,22,23). The Labute approximate surface area is 150 Å². The highest BCUT2D eigenvalue weighted by atomic mass is 32.1. The summed E-state index contributed by atoms with van der Waals surface area (Å²) >= 11 is 1.52. The van der Waals surface area contributed by atoms with Crippen LogP contribution in [0, 0.1) is 6.92 Å². The van der Waals surface area contributed by atoms with Crippen LogP contribution in [0.2, 0.25) is 0 Å². The van der Waals surface area contributed by atoms with Gasteiger partial charge in [-0.1, -0.05) is 0 Å². The molecule has 1 aromatic heterocycles. The van der Waals surface area contributed by atoms with E-state index in [0.29, 0.717) is 18.8 Å². The number of aromatic carboxylic acids is 1. The van der Waals surface area contributed by atoms with Gasteiger partial charge >= 0.3 is 5.97 Å². The minimum absolute atomic E-state index is 0.0227. The molecule has 0 radical (unpaired) electrons. The van der Waals surface area contributed by atoms with Gasteiger partial charge in [0.1, 0.15) is 16.9 Å². The molecule has 7 heteroatoms. The summed E-state index contributed by atoms with van der Waals surface area (Å²) in [6, 6.07) is 5.00. The molecule has 0 unspecified atom stereocenters. The number of amides is 1. The largest absolute Gasteiger partial charge is 0.490 e. The molecule has 1 aliphatic heterocycles. The Morgan fingerprint density at radius 1 is 1.28 bits per heavy atom. The van der Waals surface area contributed by atoms with E-state index in [0.717, 1.165) is 28.3 Å². The smallest absolute Gasteiger partial charge is 0.335 e. The fourth-order valence-electron chi connectivity index (χ4n) is 2.88. The molecule has 2 aromatic rings. The predicted octanol–water partition coefficient (Wildman–Crippen LogP) is 3.21. The number of rotatable bonds is 4. The van der Waals surface area contributed by atoms with E-state index in [9.17, 15) is 14.7 Å². The number of thiazole rings is 1. The van der Waals surface area contributed by atoms with Crippen LogP contribution in [0.1, 0.15) is 35.0 Å². The number of carbonyl (C=O) groups excluding carboxylic acids is 1. The maximum Gasteiger partial charge on any atom is 0.335 e. The van der Waals surface area contributed by atoms with Crippen LogP contribution in [-0.2, 0) is 4.79 Å². The van der Waals surface area contributed by atoms with E-state index in [1.165, 1.54) is 11.3 Å². The van der Waals surface area contributed by atoms with Crippen molar-refractivity contribution < 1.29 is 19.4 Å². The molecule has 0 aliphatic carbocycles. The maximum atomic E-state index is 11.4. The number of hydrogen-bond acceptors (Lipinski definition) is 5. The summed E-state index contributed by atoms with van der Waals surface area (Å²) in [5.74, 6) is -0.386. The normalized spacial score (nSPS) is 15.2. The van der Waals surface area contributed by atoms with E-state index >= 15 is 0 Å². The lowest BCUT2D eigenvalue weighted by molar-refractivity contribution is -0.130. The SMILES string of the molecule is CC(=O)N1CCC(Oc2cc(C(=O)O)cc(-c3ncc(C)s3)c2)CC1. The summed E-state index contributed by atoms with van der Waals surface area (Å²) in [5, 5.41) is 10.1. The van der Waals surface area contributed by atoms with Gasteiger partial charge in [-0.2, -0.15) is 0 Å². The topological polar surface area (TPSA) is 79.7 Å². The molecule has 1 fully saturated rings. The Morgan fingerprint density at radius 3 is 2.56 bits per heavy atom. The molecular formula is C18H20N2O4S. The molecule has 0 bridgehead atoms. The first-order valence-electron chi connectivity index (χ1n) is 8.16. The highest BCUT2D eigenvalue weighted by Gasteiger charge is 2.22. The third kappa shape index (κ3) is 4.17. The monoisotopic (exact) mass is 360 g/mol. The molecule has 132 valence electrons. The lowest BCUT2D eigenvalue weighted by Crippen LogP contribution is -2.40. The number of ether oxygens (including phenoxy) is 1. The van der Waals surface area contributed by atoms with E-state index in [-0.39, 0.29) is 17.6 Å². The zero-order chi connectivity index (χ0) is 18.0. The molecule has 0 saturated carbocycles. The van der Waals surface area contributed by atoms with Gasteiger partial charge in [0.15, 0.2) is 0 Å². The van der Waals surface area contributed by atoms with Crippen molar-refractivity contribution in [3.05, 3.63) is 34.8 Å². The molecule has 0 spiro atoms. The summed E-state index contributed by atoms with van der Waals surface area (Å²) in [5.41, 5.74) is 0.927. The van der Waals surface area contributed by atoms with E-state index < -0.39 is 5.97 Å². The van der Waals surface area contributed by atoms with E-state index in [4.69, 9.17) is 4.74 Å². The van der Waals surface area contributed by atoms with Gasteiger partial charge in [0.2, 0.25) is 5.91 Å². The Hall–Kier alpha value is -2.41. The van der Waals surface area contributed by atoms with Gasteiger partial charge in [0, 0.05) is 49.5 Å². The molecule has 1 aromatic carbocycles. The van der Waals surface area contributed by atoms with Crippen molar-refractivity contribution in [3.8, 4) is 16.3 Å². The molecule has 6 nitrogen and oxygen atoms in total. The van der Waals surface area contributed by atoms with Crippen LogP contribution in [0.25, 0.3) is 10.6 Å². The lowest BCUT2D eigenvalue weighted by Gasteiger charge is -2.31. The van der Waals surface area contributed by atoms with Crippen LogP contribution in [-0.4, -0.2) is 46.1 Å². The fourth-order valence-corrected chi connectivity index (χ4v) is 3.63. The van der Waals surface area contributed by atoms with E-state index in [1.54, 1.807) is 30.2 Å². The second kappa shape index (κ2) is 7.23. The number of piperidine rings is 1. The third-order valence-corrected chi connectivity index (χ3v) is 5.17. The molecule has 1 N–H and O–H groups in total. The Morgan fingerprint density at radius 2 is 2.00 bits per heavy atom. The first kappa shape index (κ1) is 17.4. The van der Waals surface area contributed by atoms with Gasteiger partial charge in [-0.15, -0.1) is 11.3 Å². The average Bonchev–Trinajstić information content (AvgIpc) is 3.01. The number of aryl methyl sites for hydroxylation is 1. The second-order valence-corrected chi connectivity index (χ2v) is 7.39. The summed E-state index contributed by atoms with van der Waals surface area (Å²) in [4.78, 5) is 30.0. The zero-order valence-corrected chi connectivity index (χ0v) is 15.0. The Bertz CT molecular complexity index is 794. The number of nitrogens with zero attached hydrogens (tertiary/aromatic N) is 2. The minimum Gasteiger partial charge on any atom is -0.490 e. The summed E-state index contributed by atoms with van der Waals surface area (Å²) in [6.07, 6.45) is 3.22. The summed E-state index contributed by atoms with van der Waals surface area (Å²) in [6.45, 7) is 4.86. The van der Waals surface area contributed by atoms with Gasteiger partial charge in [0.05, 0.1) is 5.56 Å². The Kier molecular flexibility index (Phi) is 5.03. The van der Waals surface area contributed by atoms with Crippen molar-refractivity contribution in [1.82, 2.24) is 9.88 Å². The van der Waals surface area contributed by atoms with Crippen LogP contribution in [0.3, 0.4) is 0 Å². The third-order valence-electron chi connectivity index (χ3n) is 4.21. The van der Waals surface area contributed by atoms with Crippen molar-refractivity contribution in [3.63, 3.8) is 0 Å². The number of carbonyl (C=O) groups is 2. The van der Waals surface area contributed by atoms with Crippen LogP contribution in [0.5, 0.6) is 5.75 Å². The van der Waals surface area contributed by atoms with Crippen LogP contribution in [0.4, 0.5) is 0 Å². The summed E-state index contributed by atoms with van der Waals surface area (Å²) < 4.78 is 6.02.